The van der Waals surface area contributed by atoms with Crippen LogP contribution < -0.4 is 10.2 Å². The van der Waals surface area contributed by atoms with Crippen LogP contribution in [0.1, 0.15) is 11.1 Å². The zero-order chi connectivity index (χ0) is 28.1. The van der Waals surface area contributed by atoms with Crippen molar-refractivity contribution in [3.8, 4) is 0 Å². The van der Waals surface area contributed by atoms with E-state index in [-0.39, 0.29) is 6.03 Å². The maximum absolute atomic E-state index is 13.1. The van der Waals surface area contributed by atoms with Crippen molar-refractivity contribution < 1.29 is 38.0 Å². The van der Waals surface area contributed by atoms with Gasteiger partial charge in [-0.3, -0.25) is 4.90 Å². The fourth-order valence-corrected chi connectivity index (χ4v) is 3.85. The highest BCUT2D eigenvalue weighted by Crippen LogP contribution is 2.36. The van der Waals surface area contributed by atoms with E-state index in [4.69, 9.17) is 33.2 Å². The highest BCUT2D eigenvalue weighted by molar-refractivity contribution is 6.05. The Morgan fingerprint density at radius 2 is 0.950 bits per heavy atom. The third kappa shape index (κ3) is 11.7. The van der Waals surface area contributed by atoms with Gasteiger partial charge in [0.25, 0.3) is 0 Å². The van der Waals surface area contributed by atoms with Crippen LogP contribution in [-0.4, -0.2) is 106 Å². The maximum atomic E-state index is 13.1. The van der Waals surface area contributed by atoms with Gasteiger partial charge in [0.05, 0.1) is 97.3 Å². The molecule has 0 saturated heterocycles. The quantitative estimate of drug-likeness (QED) is 0.232. The van der Waals surface area contributed by atoms with E-state index in [1.165, 1.54) is 0 Å². The van der Waals surface area contributed by atoms with Crippen molar-refractivity contribution in [1.82, 2.24) is 5.32 Å². The molecule has 0 aromatic heterocycles. The number of hydrogen-bond acceptors (Lipinski definition) is 8. The third-order valence-corrected chi connectivity index (χ3v) is 5.82. The molecule has 0 atom stereocenters. The molecule has 1 aliphatic heterocycles. The van der Waals surface area contributed by atoms with Crippen molar-refractivity contribution in [3.05, 3.63) is 59.7 Å². The van der Waals surface area contributed by atoms with E-state index < -0.39 is 0 Å². The summed E-state index contributed by atoms with van der Waals surface area (Å²) in [4.78, 5) is 14.9. The highest BCUT2D eigenvalue weighted by Gasteiger charge is 2.23. The molecular weight excluding hydrogens is 516 g/mol. The van der Waals surface area contributed by atoms with Gasteiger partial charge in [-0.25, -0.2) is 4.79 Å². The minimum atomic E-state index is -0.194. The number of nitrogens with one attached hydrogen (secondary N) is 1. The molecule has 10 heteroatoms. The molecule has 10 nitrogen and oxygen atoms in total. The molecule has 0 fully saturated rings. The fraction of sp³-hybridized carbons (Fsp3) is 0.500. The first-order chi connectivity index (χ1) is 19.8. The summed E-state index contributed by atoms with van der Waals surface area (Å²) in [5.41, 5.74) is 3.66. The predicted octanol–water partition coefficient (Wildman–Crippen LogP) is 3.76. The molecule has 0 unspecified atom stereocenters. The number of benzene rings is 2. The van der Waals surface area contributed by atoms with Crippen molar-refractivity contribution in [2.24, 2.45) is 0 Å². The standard InChI is InChI=1S/C30H42N2O8/c1-34-14-15-36-18-19-38-22-23-40-25-24-39-21-20-37-17-16-35-13-12-31-30(33)32-28-8-4-2-6-26(28)10-11-27-7-3-5-9-29(27)32/h2-11H,12-25H2,1H3,(H,31,33). The van der Waals surface area contributed by atoms with Gasteiger partial charge in [0.2, 0.25) is 0 Å². The van der Waals surface area contributed by atoms with Crippen LogP contribution in [0.25, 0.3) is 12.2 Å². The normalized spacial score (nSPS) is 12.2. The Labute approximate surface area is 237 Å². The van der Waals surface area contributed by atoms with Crippen molar-refractivity contribution in [1.29, 1.82) is 0 Å². The van der Waals surface area contributed by atoms with Gasteiger partial charge in [-0.15, -0.1) is 0 Å². The SMILES string of the molecule is COCCOCCOCCOCCOCCOCCOCCNC(=O)N1c2ccccc2C=Cc2ccccc21. The van der Waals surface area contributed by atoms with Crippen LogP contribution in [0.2, 0.25) is 0 Å². The molecule has 220 valence electrons. The molecular formula is C30H42N2O8. The van der Waals surface area contributed by atoms with Crippen LogP contribution in [-0.2, 0) is 33.2 Å². The number of para-hydroxylation sites is 2. The Morgan fingerprint density at radius 1 is 0.575 bits per heavy atom. The second-order valence-electron chi connectivity index (χ2n) is 8.69. The summed E-state index contributed by atoms with van der Waals surface area (Å²) in [5.74, 6) is 0. The van der Waals surface area contributed by atoms with Gasteiger partial charge in [-0.05, 0) is 23.3 Å². The number of rotatable bonds is 21. The van der Waals surface area contributed by atoms with Gasteiger partial charge < -0.3 is 38.5 Å². The first-order valence-electron chi connectivity index (χ1n) is 13.7. The van der Waals surface area contributed by atoms with Crippen molar-refractivity contribution in [2.75, 3.05) is 104 Å². The van der Waals surface area contributed by atoms with Crippen LogP contribution in [0.15, 0.2) is 48.5 Å². The Morgan fingerprint density at radius 3 is 1.38 bits per heavy atom. The molecule has 3 rings (SSSR count). The van der Waals surface area contributed by atoms with Gasteiger partial charge in [0.15, 0.2) is 0 Å². The molecule has 2 aromatic carbocycles. The zero-order valence-electron chi connectivity index (χ0n) is 23.4. The lowest BCUT2D eigenvalue weighted by Crippen LogP contribution is -2.39. The number of amides is 2. The molecule has 1 aliphatic rings. The van der Waals surface area contributed by atoms with E-state index in [1.54, 1.807) is 12.0 Å². The van der Waals surface area contributed by atoms with Crippen LogP contribution in [0.4, 0.5) is 16.2 Å². The number of urea groups is 1. The summed E-state index contributed by atoms with van der Waals surface area (Å²) in [6.45, 7) is 6.97. The molecule has 40 heavy (non-hydrogen) atoms. The van der Waals surface area contributed by atoms with Crippen LogP contribution in [0.3, 0.4) is 0 Å². The molecule has 1 heterocycles. The number of nitrogens with zero attached hydrogens (tertiary/aromatic N) is 1. The Balaban J connectivity index is 1.15. The summed E-state index contributed by atoms with van der Waals surface area (Å²) in [5, 5.41) is 2.96. The van der Waals surface area contributed by atoms with Crippen LogP contribution in [0.5, 0.6) is 0 Å². The first kappa shape index (κ1) is 31.7. The number of fused-ring (bicyclic) bond motifs is 2. The molecule has 2 aromatic rings. The predicted molar refractivity (Wildman–Crippen MR) is 154 cm³/mol. The zero-order valence-corrected chi connectivity index (χ0v) is 23.4. The number of anilines is 2. The van der Waals surface area contributed by atoms with Gasteiger partial charge in [0, 0.05) is 13.7 Å². The summed E-state index contributed by atoms with van der Waals surface area (Å²) < 4.78 is 37.7. The average molecular weight is 559 g/mol. The first-order valence-corrected chi connectivity index (χ1v) is 13.7. The number of carbonyl (C=O) groups excluding carboxylic acids is 1. The van der Waals surface area contributed by atoms with Gasteiger partial charge in [0.1, 0.15) is 0 Å². The summed E-state index contributed by atoms with van der Waals surface area (Å²) in [7, 11) is 1.64. The maximum Gasteiger partial charge on any atom is 0.326 e. The Kier molecular flexibility index (Phi) is 15.9. The second kappa shape index (κ2) is 20.1. The molecule has 2 amide bonds. The number of carbonyl (C=O) groups is 1. The molecule has 0 radical (unpaired) electrons. The van der Waals surface area contributed by atoms with Crippen molar-refractivity contribution in [3.63, 3.8) is 0 Å². The lowest BCUT2D eigenvalue weighted by atomic mass is 10.1. The average Bonchev–Trinajstić information content (AvgIpc) is 3.15. The number of ether oxygens (including phenoxy) is 7. The fourth-order valence-electron chi connectivity index (χ4n) is 3.85. The van der Waals surface area contributed by atoms with Crippen LogP contribution in [0, 0.1) is 0 Å². The van der Waals surface area contributed by atoms with Crippen molar-refractivity contribution in [2.45, 2.75) is 0 Å². The van der Waals surface area contributed by atoms with E-state index in [1.807, 2.05) is 60.7 Å². The molecule has 0 saturated carbocycles. The lowest BCUT2D eigenvalue weighted by molar-refractivity contribution is -0.0189. The second-order valence-corrected chi connectivity index (χ2v) is 8.69. The van der Waals surface area contributed by atoms with Gasteiger partial charge >= 0.3 is 6.03 Å². The monoisotopic (exact) mass is 558 g/mol. The van der Waals surface area contributed by atoms with Crippen LogP contribution >= 0.6 is 0 Å². The summed E-state index contributed by atoms with van der Waals surface area (Å²) in [6.07, 6.45) is 4.07. The highest BCUT2D eigenvalue weighted by atomic mass is 16.6. The van der Waals surface area contributed by atoms with E-state index in [9.17, 15) is 4.79 Å². The summed E-state index contributed by atoms with van der Waals surface area (Å²) >= 11 is 0. The number of hydrogen-bond donors (Lipinski definition) is 1. The topological polar surface area (TPSA) is 97.0 Å². The molecule has 0 aliphatic carbocycles. The smallest absolute Gasteiger partial charge is 0.326 e. The van der Waals surface area contributed by atoms with Gasteiger partial charge in [-0.1, -0.05) is 48.6 Å². The lowest BCUT2D eigenvalue weighted by Gasteiger charge is -2.25. The molecule has 1 N–H and O–H groups in total. The number of methoxy groups -OCH3 is 1. The van der Waals surface area contributed by atoms with E-state index in [0.29, 0.717) is 92.4 Å². The van der Waals surface area contributed by atoms with Crippen molar-refractivity contribution >= 4 is 29.6 Å². The Hall–Kier alpha value is -2.83. The minimum Gasteiger partial charge on any atom is -0.382 e. The third-order valence-electron chi connectivity index (χ3n) is 5.82. The van der Waals surface area contributed by atoms with E-state index in [2.05, 4.69) is 5.32 Å². The van der Waals surface area contributed by atoms with E-state index in [0.717, 1.165) is 22.5 Å². The molecule has 0 bridgehead atoms. The minimum absolute atomic E-state index is 0.194. The van der Waals surface area contributed by atoms with Gasteiger partial charge in [-0.2, -0.15) is 0 Å². The van der Waals surface area contributed by atoms with E-state index >= 15 is 0 Å². The summed E-state index contributed by atoms with van der Waals surface area (Å²) in [6, 6.07) is 15.5. The Bertz CT molecular complexity index is 954. The largest absolute Gasteiger partial charge is 0.382 e. The molecule has 0 spiro atoms.